The summed E-state index contributed by atoms with van der Waals surface area (Å²) in [4.78, 5) is 12.0. The SMILES string of the molecule is CCCCCCCCCCCCCCOC(=O)[C@H](N)[C@@H](O)c1ccccc1. The van der Waals surface area contributed by atoms with Gasteiger partial charge in [0.1, 0.15) is 12.1 Å². The third-order valence-electron chi connectivity index (χ3n) is 5.00. The molecule has 0 radical (unpaired) electrons. The van der Waals surface area contributed by atoms with Crippen LogP contribution in [0.3, 0.4) is 0 Å². The van der Waals surface area contributed by atoms with Crippen LogP contribution in [0.2, 0.25) is 0 Å². The molecule has 0 saturated heterocycles. The van der Waals surface area contributed by atoms with Gasteiger partial charge in [-0.2, -0.15) is 0 Å². The maximum atomic E-state index is 12.0. The molecule has 2 atom stereocenters. The van der Waals surface area contributed by atoms with Gasteiger partial charge in [-0.25, -0.2) is 0 Å². The summed E-state index contributed by atoms with van der Waals surface area (Å²) in [7, 11) is 0. The first-order valence-corrected chi connectivity index (χ1v) is 10.8. The highest BCUT2D eigenvalue weighted by Crippen LogP contribution is 2.16. The largest absolute Gasteiger partial charge is 0.464 e. The molecule has 0 aromatic heterocycles. The van der Waals surface area contributed by atoms with Gasteiger partial charge < -0.3 is 15.6 Å². The number of nitrogens with two attached hydrogens (primary N) is 1. The Morgan fingerprint density at radius 1 is 0.889 bits per heavy atom. The quantitative estimate of drug-likeness (QED) is 0.303. The minimum atomic E-state index is -1.04. The molecule has 0 unspecified atom stereocenters. The van der Waals surface area contributed by atoms with Gasteiger partial charge in [0.15, 0.2) is 0 Å². The molecular formula is C23H39NO3. The van der Waals surface area contributed by atoms with E-state index < -0.39 is 18.1 Å². The molecule has 27 heavy (non-hydrogen) atoms. The summed E-state index contributed by atoms with van der Waals surface area (Å²) in [5.41, 5.74) is 6.45. The first-order valence-electron chi connectivity index (χ1n) is 10.8. The Morgan fingerprint density at radius 3 is 1.89 bits per heavy atom. The van der Waals surface area contributed by atoms with E-state index in [4.69, 9.17) is 10.5 Å². The van der Waals surface area contributed by atoms with Crippen LogP contribution in [-0.2, 0) is 9.53 Å². The number of aliphatic hydroxyl groups is 1. The van der Waals surface area contributed by atoms with Gasteiger partial charge in [0.25, 0.3) is 0 Å². The van der Waals surface area contributed by atoms with Gasteiger partial charge in [-0.3, -0.25) is 4.79 Å². The number of esters is 1. The molecule has 1 aromatic rings. The van der Waals surface area contributed by atoms with Crippen molar-refractivity contribution in [2.24, 2.45) is 5.73 Å². The molecule has 3 N–H and O–H groups in total. The monoisotopic (exact) mass is 377 g/mol. The zero-order valence-electron chi connectivity index (χ0n) is 17.1. The van der Waals surface area contributed by atoms with Crippen molar-refractivity contribution in [3.63, 3.8) is 0 Å². The second-order valence-electron chi connectivity index (χ2n) is 7.44. The van der Waals surface area contributed by atoms with Crippen molar-refractivity contribution in [3.8, 4) is 0 Å². The molecule has 0 fully saturated rings. The van der Waals surface area contributed by atoms with Crippen LogP contribution in [0.15, 0.2) is 30.3 Å². The Labute approximate surface area is 165 Å². The number of benzene rings is 1. The summed E-state index contributed by atoms with van der Waals surface area (Å²) in [6.07, 6.45) is 14.2. The van der Waals surface area contributed by atoms with E-state index in [1.807, 2.05) is 18.2 Å². The Morgan fingerprint density at radius 2 is 1.37 bits per heavy atom. The molecule has 1 rings (SSSR count). The fourth-order valence-corrected chi connectivity index (χ4v) is 3.20. The van der Waals surface area contributed by atoms with Crippen molar-refractivity contribution in [2.45, 2.75) is 96.1 Å². The highest BCUT2D eigenvalue weighted by Gasteiger charge is 2.25. The standard InChI is InChI=1S/C23H39NO3/c1-2-3-4-5-6-7-8-9-10-11-12-16-19-27-23(26)21(24)22(25)20-17-14-13-15-18-20/h13-15,17-18,21-22,25H,2-12,16,19,24H2,1H3/t21-,22+/m1/s1. The molecule has 0 heterocycles. The van der Waals surface area contributed by atoms with Crippen LogP contribution in [0.25, 0.3) is 0 Å². The molecular weight excluding hydrogens is 338 g/mol. The lowest BCUT2D eigenvalue weighted by atomic mass is 10.0. The van der Waals surface area contributed by atoms with Crippen LogP contribution >= 0.6 is 0 Å². The summed E-state index contributed by atoms with van der Waals surface area (Å²) in [5, 5.41) is 10.1. The minimum Gasteiger partial charge on any atom is -0.464 e. The van der Waals surface area contributed by atoms with Crippen molar-refractivity contribution < 1.29 is 14.6 Å². The highest BCUT2D eigenvalue weighted by atomic mass is 16.5. The zero-order valence-corrected chi connectivity index (χ0v) is 17.1. The van der Waals surface area contributed by atoms with Crippen molar-refractivity contribution in [2.75, 3.05) is 6.61 Å². The van der Waals surface area contributed by atoms with E-state index in [9.17, 15) is 9.90 Å². The van der Waals surface area contributed by atoms with E-state index in [-0.39, 0.29) is 0 Å². The summed E-state index contributed by atoms with van der Waals surface area (Å²) in [6.45, 7) is 2.63. The Bertz CT molecular complexity index is 478. The maximum absolute atomic E-state index is 12.0. The van der Waals surface area contributed by atoms with Crippen molar-refractivity contribution >= 4 is 5.97 Å². The molecule has 0 aliphatic carbocycles. The van der Waals surface area contributed by atoms with Gasteiger partial charge in [0, 0.05) is 0 Å². The van der Waals surface area contributed by atoms with Crippen molar-refractivity contribution in [1.29, 1.82) is 0 Å². The van der Waals surface area contributed by atoms with Crippen molar-refractivity contribution in [1.82, 2.24) is 0 Å². The Balaban J connectivity index is 1.96. The number of aliphatic hydroxyl groups excluding tert-OH is 1. The van der Waals surface area contributed by atoms with Gasteiger partial charge in [0.2, 0.25) is 0 Å². The second kappa shape index (κ2) is 15.6. The van der Waals surface area contributed by atoms with E-state index in [0.29, 0.717) is 12.2 Å². The molecule has 0 bridgehead atoms. The minimum absolute atomic E-state index is 0.380. The molecule has 4 nitrogen and oxygen atoms in total. The molecule has 0 amide bonds. The number of ether oxygens (including phenoxy) is 1. The lowest BCUT2D eigenvalue weighted by molar-refractivity contribution is -0.148. The first kappa shape index (κ1) is 23.6. The van der Waals surface area contributed by atoms with E-state index >= 15 is 0 Å². The smallest absolute Gasteiger partial charge is 0.325 e. The number of carbonyl (C=O) groups excluding carboxylic acids is 1. The number of rotatable bonds is 16. The zero-order chi connectivity index (χ0) is 19.7. The van der Waals surface area contributed by atoms with Gasteiger partial charge in [-0.15, -0.1) is 0 Å². The lowest BCUT2D eigenvalue weighted by Crippen LogP contribution is -2.38. The molecule has 154 valence electrons. The third kappa shape index (κ3) is 11.1. The van der Waals surface area contributed by atoms with Crippen LogP contribution in [0, 0.1) is 0 Å². The van der Waals surface area contributed by atoms with Gasteiger partial charge >= 0.3 is 5.97 Å². The molecule has 1 aromatic carbocycles. The Hall–Kier alpha value is -1.39. The van der Waals surface area contributed by atoms with Crippen molar-refractivity contribution in [3.05, 3.63) is 35.9 Å². The second-order valence-corrected chi connectivity index (χ2v) is 7.44. The lowest BCUT2D eigenvalue weighted by Gasteiger charge is -2.18. The number of unbranched alkanes of at least 4 members (excludes halogenated alkanes) is 11. The number of hydrogen-bond acceptors (Lipinski definition) is 4. The molecule has 0 aliphatic heterocycles. The maximum Gasteiger partial charge on any atom is 0.325 e. The van der Waals surface area contributed by atoms with Crippen LogP contribution in [0.1, 0.15) is 95.6 Å². The molecule has 0 aliphatic rings. The Kier molecular flexibility index (Phi) is 13.7. The van der Waals surface area contributed by atoms with E-state index in [1.54, 1.807) is 12.1 Å². The highest BCUT2D eigenvalue weighted by molar-refractivity contribution is 5.76. The summed E-state index contributed by atoms with van der Waals surface area (Å²) >= 11 is 0. The van der Waals surface area contributed by atoms with Crippen LogP contribution in [0.4, 0.5) is 0 Å². The van der Waals surface area contributed by atoms with E-state index in [2.05, 4.69) is 6.92 Å². The molecule has 0 spiro atoms. The van der Waals surface area contributed by atoms with E-state index in [0.717, 1.165) is 12.8 Å². The average Bonchev–Trinajstić information content (AvgIpc) is 2.70. The first-order chi connectivity index (χ1) is 13.2. The number of hydrogen-bond donors (Lipinski definition) is 2. The predicted molar refractivity (Wildman–Crippen MR) is 111 cm³/mol. The molecule has 0 saturated carbocycles. The fraction of sp³-hybridized carbons (Fsp3) is 0.696. The molecule has 4 heteroatoms. The topological polar surface area (TPSA) is 72.5 Å². The third-order valence-corrected chi connectivity index (χ3v) is 5.00. The van der Waals surface area contributed by atoms with Crippen LogP contribution in [-0.4, -0.2) is 23.7 Å². The van der Waals surface area contributed by atoms with Gasteiger partial charge in [-0.05, 0) is 12.0 Å². The summed E-state index contributed by atoms with van der Waals surface area (Å²) < 4.78 is 5.21. The van der Waals surface area contributed by atoms with Crippen LogP contribution < -0.4 is 5.73 Å². The number of carbonyl (C=O) groups is 1. The van der Waals surface area contributed by atoms with Gasteiger partial charge in [0.05, 0.1) is 6.61 Å². The summed E-state index contributed by atoms with van der Waals surface area (Å²) in [5.74, 6) is -0.533. The van der Waals surface area contributed by atoms with Gasteiger partial charge in [-0.1, -0.05) is 108 Å². The average molecular weight is 378 g/mol. The van der Waals surface area contributed by atoms with E-state index in [1.165, 1.54) is 64.2 Å². The van der Waals surface area contributed by atoms with Crippen LogP contribution in [0.5, 0.6) is 0 Å². The predicted octanol–water partition coefficient (Wildman–Crippen LogP) is 5.29. The summed E-state index contributed by atoms with van der Waals surface area (Å²) in [6, 6.07) is 7.94. The normalized spacial score (nSPS) is 13.3. The fourth-order valence-electron chi connectivity index (χ4n) is 3.20.